The third-order valence-corrected chi connectivity index (χ3v) is 11.5. The van der Waals surface area contributed by atoms with Gasteiger partial charge in [0.2, 0.25) is 0 Å². The molecule has 2 unspecified atom stereocenters. The minimum atomic E-state index is -1.11. The van der Waals surface area contributed by atoms with E-state index in [4.69, 9.17) is 4.74 Å². The van der Waals surface area contributed by atoms with E-state index in [2.05, 4.69) is 31.7 Å². The molecule has 7 atom stereocenters. The average Bonchev–Trinajstić information content (AvgIpc) is 3.48. The number of phenols is 1. The smallest absolute Gasteiger partial charge is 0.165 e. The number of aromatic hydroxyl groups is 1. The first-order valence-corrected chi connectivity index (χ1v) is 13.2. The van der Waals surface area contributed by atoms with Crippen molar-refractivity contribution < 1.29 is 20.1 Å². The van der Waals surface area contributed by atoms with Gasteiger partial charge in [-0.3, -0.25) is 4.90 Å². The number of ether oxygens (including phenoxy) is 1. The van der Waals surface area contributed by atoms with E-state index in [0.717, 1.165) is 38.1 Å². The highest BCUT2D eigenvalue weighted by atomic mass is 16.5. The van der Waals surface area contributed by atoms with E-state index in [0.29, 0.717) is 18.2 Å². The molecule has 5 heteroatoms. The molecule has 2 heterocycles. The van der Waals surface area contributed by atoms with Gasteiger partial charge in [-0.2, -0.15) is 0 Å². The Morgan fingerprint density at radius 2 is 1.88 bits per heavy atom. The monoisotopic (exact) mass is 453 g/mol. The van der Waals surface area contributed by atoms with Crippen molar-refractivity contribution in [3.8, 4) is 11.5 Å². The van der Waals surface area contributed by atoms with Crippen LogP contribution < -0.4 is 4.74 Å². The van der Waals surface area contributed by atoms with Crippen LogP contribution in [0.5, 0.6) is 11.5 Å². The molecule has 3 N–H and O–H groups in total. The molecule has 1 saturated heterocycles. The molecule has 0 aromatic heterocycles. The molecule has 1 aromatic carbocycles. The molecule has 1 aromatic rings. The average molecular weight is 454 g/mol. The zero-order chi connectivity index (χ0) is 23.2. The maximum Gasteiger partial charge on any atom is 0.165 e. The lowest BCUT2D eigenvalue weighted by Gasteiger charge is -2.75. The van der Waals surface area contributed by atoms with Crippen molar-refractivity contribution in [2.45, 2.75) is 101 Å². The fourth-order valence-electron chi connectivity index (χ4n) is 9.26. The largest absolute Gasteiger partial charge is 0.504 e. The van der Waals surface area contributed by atoms with Gasteiger partial charge in [0.05, 0.1) is 5.60 Å². The SMILES string of the molecule is CC(C)(C)[C@@](C)(O)[C@H]1CC23CC[C@]1(O)[C@H]1Oc4c(O)ccc5c4[C@@]12CCN(CC1CC1)C3C5. The van der Waals surface area contributed by atoms with Crippen molar-refractivity contribution in [3.63, 3.8) is 0 Å². The molecule has 4 bridgehead atoms. The lowest BCUT2D eigenvalue weighted by molar-refractivity contribution is -0.305. The number of likely N-dealkylation sites (tertiary alicyclic amines) is 1. The standard InChI is InChI=1S/C28H39NO4/c1-24(2,3)25(4,31)19-14-26-9-10-28(19,32)23-27(26)11-12-29(15-16-5-6-16)20(26)13-17-7-8-18(30)22(33-23)21(17)27/h7-8,16,19-20,23,30-32H,5-6,9-15H2,1-4H3/t19-,20?,23+,25+,26?,27+,28-/m1/s1. The summed E-state index contributed by atoms with van der Waals surface area (Å²) in [4.78, 5) is 2.77. The molecular weight excluding hydrogens is 414 g/mol. The summed E-state index contributed by atoms with van der Waals surface area (Å²) < 4.78 is 6.68. The molecule has 0 amide bonds. The second kappa shape index (κ2) is 5.91. The van der Waals surface area contributed by atoms with Gasteiger partial charge in [-0.05, 0) is 81.4 Å². The minimum absolute atomic E-state index is 0.0404. The maximum atomic E-state index is 12.5. The number of phenolic OH excluding ortho intramolecular Hbond substituents is 1. The number of fused-ring (bicyclic) bond motifs is 2. The lowest BCUT2D eigenvalue weighted by Crippen LogP contribution is -2.82. The van der Waals surface area contributed by atoms with Gasteiger partial charge in [0.25, 0.3) is 0 Å². The zero-order valence-electron chi connectivity index (χ0n) is 20.5. The molecule has 4 saturated carbocycles. The molecule has 8 rings (SSSR count). The van der Waals surface area contributed by atoms with Crippen LogP contribution in [0.4, 0.5) is 0 Å². The first kappa shape index (κ1) is 21.0. The van der Waals surface area contributed by atoms with Crippen LogP contribution in [0.25, 0.3) is 0 Å². The molecule has 7 aliphatic rings. The minimum Gasteiger partial charge on any atom is -0.504 e. The van der Waals surface area contributed by atoms with Crippen LogP contribution in [0.1, 0.15) is 77.3 Å². The highest BCUT2D eigenvalue weighted by Crippen LogP contribution is 2.77. The second-order valence-electron chi connectivity index (χ2n) is 13.6. The molecule has 0 radical (unpaired) electrons. The molecule has 5 aliphatic carbocycles. The second-order valence-corrected chi connectivity index (χ2v) is 13.6. The van der Waals surface area contributed by atoms with Crippen molar-refractivity contribution in [2.75, 3.05) is 13.1 Å². The van der Waals surface area contributed by atoms with E-state index < -0.39 is 17.3 Å². The Morgan fingerprint density at radius 1 is 1.12 bits per heavy atom. The van der Waals surface area contributed by atoms with Gasteiger partial charge in [-0.1, -0.05) is 26.8 Å². The van der Waals surface area contributed by atoms with Crippen LogP contribution >= 0.6 is 0 Å². The zero-order valence-corrected chi connectivity index (χ0v) is 20.5. The Morgan fingerprint density at radius 3 is 2.58 bits per heavy atom. The van der Waals surface area contributed by atoms with Crippen molar-refractivity contribution in [2.24, 2.45) is 22.7 Å². The number of piperidine rings is 1. The Labute approximate surface area is 197 Å². The lowest BCUT2D eigenvalue weighted by atomic mass is 9.33. The summed E-state index contributed by atoms with van der Waals surface area (Å²) in [6.45, 7) is 10.4. The van der Waals surface area contributed by atoms with E-state index >= 15 is 0 Å². The third-order valence-electron chi connectivity index (χ3n) is 11.5. The summed E-state index contributed by atoms with van der Waals surface area (Å²) in [5, 5.41) is 35.3. The van der Waals surface area contributed by atoms with Crippen LogP contribution in [-0.4, -0.2) is 56.7 Å². The summed E-state index contributed by atoms with van der Waals surface area (Å²) >= 11 is 0. The Hall–Kier alpha value is -1.30. The fraction of sp³-hybridized carbons (Fsp3) is 0.786. The maximum absolute atomic E-state index is 12.5. The molecule has 180 valence electrons. The van der Waals surface area contributed by atoms with E-state index in [9.17, 15) is 15.3 Å². The van der Waals surface area contributed by atoms with Gasteiger partial charge < -0.3 is 20.1 Å². The number of benzene rings is 1. The van der Waals surface area contributed by atoms with Crippen LogP contribution in [-0.2, 0) is 11.8 Å². The highest BCUT2D eigenvalue weighted by Gasteiger charge is 2.81. The molecule has 5 nitrogen and oxygen atoms in total. The first-order valence-electron chi connectivity index (χ1n) is 13.2. The summed E-state index contributed by atoms with van der Waals surface area (Å²) in [6.07, 6.45) is 6.71. The summed E-state index contributed by atoms with van der Waals surface area (Å²) in [7, 11) is 0. The topological polar surface area (TPSA) is 73.2 Å². The van der Waals surface area contributed by atoms with Crippen LogP contribution in [0.2, 0.25) is 0 Å². The molecule has 2 aliphatic heterocycles. The van der Waals surface area contributed by atoms with Gasteiger partial charge >= 0.3 is 0 Å². The van der Waals surface area contributed by atoms with Crippen molar-refractivity contribution in [1.29, 1.82) is 0 Å². The first-order chi connectivity index (χ1) is 15.5. The van der Waals surface area contributed by atoms with Gasteiger partial charge in [-0.15, -0.1) is 0 Å². The predicted molar refractivity (Wildman–Crippen MR) is 125 cm³/mol. The van der Waals surface area contributed by atoms with Crippen LogP contribution in [0.15, 0.2) is 12.1 Å². The summed E-state index contributed by atoms with van der Waals surface area (Å²) in [5.41, 5.74) is -0.323. The quantitative estimate of drug-likeness (QED) is 0.650. The number of nitrogens with zero attached hydrogens (tertiary/aromatic N) is 1. The Bertz CT molecular complexity index is 1040. The van der Waals surface area contributed by atoms with Gasteiger partial charge in [0.15, 0.2) is 11.5 Å². The molecule has 2 spiro atoms. The Balaban J connectivity index is 1.46. The van der Waals surface area contributed by atoms with E-state index in [-0.39, 0.29) is 27.9 Å². The molecule has 5 fully saturated rings. The summed E-state index contributed by atoms with van der Waals surface area (Å²) in [5.74, 6) is 1.39. The molecule has 33 heavy (non-hydrogen) atoms. The van der Waals surface area contributed by atoms with Crippen LogP contribution in [0, 0.1) is 22.7 Å². The predicted octanol–water partition coefficient (Wildman–Crippen LogP) is 3.76. The van der Waals surface area contributed by atoms with E-state index in [1.807, 2.05) is 6.92 Å². The van der Waals surface area contributed by atoms with Gasteiger partial charge in [0, 0.05) is 34.9 Å². The number of hydrogen-bond acceptors (Lipinski definition) is 5. The molecular formula is C28H39NO4. The van der Waals surface area contributed by atoms with Crippen molar-refractivity contribution in [1.82, 2.24) is 4.90 Å². The Kier molecular flexibility index (Phi) is 3.76. The highest BCUT2D eigenvalue weighted by molar-refractivity contribution is 5.63. The van der Waals surface area contributed by atoms with Crippen molar-refractivity contribution >= 4 is 0 Å². The van der Waals surface area contributed by atoms with Gasteiger partial charge in [-0.25, -0.2) is 0 Å². The van der Waals surface area contributed by atoms with E-state index in [1.165, 1.54) is 30.5 Å². The van der Waals surface area contributed by atoms with Gasteiger partial charge in [0.1, 0.15) is 11.7 Å². The normalized spacial score (nSPS) is 44.8. The van der Waals surface area contributed by atoms with Crippen molar-refractivity contribution in [3.05, 3.63) is 23.3 Å². The fourth-order valence-corrected chi connectivity index (χ4v) is 9.26. The number of hydrogen-bond donors (Lipinski definition) is 3. The van der Waals surface area contributed by atoms with E-state index in [1.54, 1.807) is 6.07 Å². The number of aliphatic hydroxyl groups is 2. The third kappa shape index (κ3) is 2.22. The van der Waals surface area contributed by atoms with Crippen LogP contribution in [0.3, 0.4) is 0 Å². The number of rotatable bonds is 3. The summed E-state index contributed by atoms with van der Waals surface area (Å²) in [6, 6.07) is 4.30.